The van der Waals surface area contributed by atoms with Crippen LogP contribution in [0.4, 0.5) is 0 Å². The quantitative estimate of drug-likeness (QED) is 0.837. The molecular weight excluding hydrogens is 212 g/mol. The summed E-state index contributed by atoms with van der Waals surface area (Å²) in [6.07, 6.45) is 2.63. The monoisotopic (exact) mass is 226 g/mol. The van der Waals surface area contributed by atoms with E-state index in [0.717, 1.165) is 17.9 Å². The second-order valence-corrected chi connectivity index (χ2v) is 3.95. The van der Waals surface area contributed by atoms with Crippen LogP contribution in [0.25, 0.3) is 0 Å². The molecule has 1 aromatic carbocycles. The Morgan fingerprint density at radius 2 is 2.13 bits per heavy atom. The molecule has 0 bridgehead atoms. The van der Waals surface area contributed by atoms with E-state index >= 15 is 0 Å². The Hall–Kier alpha value is -1.02. The number of aryl methyl sites for hydroxylation is 2. The number of carbonyl (C=O) groups is 1. The molecule has 1 aromatic rings. The molecule has 0 amide bonds. The van der Waals surface area contributed by atoms with Gasteiger partial charge in [-0.05, 0) is 42.5 Å². The number of hydrogen-bond acceptors (Lipinski definition) is 1. The van der Waals surface area contributed by atoms with Crippen LogP contribution in [-0.4, -0.2) is 11.1 Å². The van der Waals surface area contributed by atoms with E-state index in [1.165, 1.54) is 11.1 Å². The fourth-order valence-corrected chi connectivity index (χ4v) is 1.80. The van der Waals surface area contributed by atoms with Crippen molar-refractivity contribution in [2.24, 2.45) is 0 Å². The number of benzene rings is 1. The molecule has 15 heavy (non-hydrogen) atoms. The van der Waals surface area contributed by atoms with E-state index in [-0.39, 0.29) is 6.42 Å². The van der Waals surface area contributed by atoms with Gasteiger partial charge in [0.05, 0.1) is 0 Å². The molecule has 0 saturated heterocycles. The minimum absolute atomic E-state index is 0.218. The van der Waals surface area contributed by atoms with Crippen LogP contribution in [0.2, 0.25) is 5.02 Å². The van der Waals surface area contributed by atoms with Gasteiger partial charge in [-0.25, -0.2) is 0 Å². The normalized spacial score (nSPS) is 10.3. The average Bonchev–Trinajstić information content (AvgIpc) is 2.17. The van der Waals surface area contributed by atoms with E-state index in [1.54, 1.807) is 0 Å². The van der Waals surface area contributed by atoms with Gasteiger partial charge in [-0.3, -0.25) is 4.79 Å². The molecular formula is C12H15ClO2. The topological polar surface area (TPSA) is 37.3 Å². The third-order valence-corrected chi connectivity index (χ3v) is 2.62. The first kappa shape index (κ1) is 12.1. The molecule has 82 valence electrons. The number of rotatable bonds is 5. The first-order chi connectivity index (χ1) is 7.13. The lowest BCUT2D eigenvalue weighted by Gasteiger charge is -2.07. The molecule has 0 heterocycles. The standard InChI is InChI=1S/C12H15ClO2/c1-2-9-6-7-11(13)8-10(9)4-3-5-12(14)15/h6-8H,2-5H2,1H3,(H,14,15). The molecule has 0 aliphatic rings. The minimum atomic E-state index is -0.741. The maximum Gasteiger partial charge on any atom is 0.303 e. The van der Waals surface area contributed by atoms with E-state index in [2.05, 4.69) is 6.92 Å². The largest absolute Gasteiger partial charge is 0.481 e. The Labute approximate surface area is 94.9 Å². The molecule has 3 heteroatoms. The number of halogens is 1. The van der Waals surface area contributed by atoms with Gasteiger partial charge >= 0.3 is 5.97 Å². The van der Waals surface area contributed by atoms with Crippen LogP contribution in [0.3, 0.4) is 0 Å². The highest BCUT2D eigenvalue weighted by atomic mass is 35.5. The summed E-state index contributed by atoms with van der Waals surface area (Å²) < 4.78 is 0. The van der Waals surface area contributed by atoms with Crippen molar-refractivity contribution in [3.05, 3.63) is 34.3 Å². The Balaban J connectivity index is 2.65. The average molecular weight is 227 g/mol. The third-order valence-electron chi connectivity index (χ3n) is 2.39. The van der Waals surface area contributed by atoms with Crippen molar-refractivity contribution in [1.82, 2.24) is 0 Å². The third kappa shape index (κ3) is 3.92. The summed E-state index contributed by atoms with van der Waals surface area (Å²) in [5.74, 6) is -0.741. The maximum absolute atomic E-state index is 10.4. The highest BCUT2D eigenvalue weighted by Crippen LogP contribution is 2.18. The Bertz CT molecular complexity index is 347. The molecule has 0 saturated carbocycles. The van der Waals surface area contributed by atoms with Crippen molar-refractivity contribution in [3.8, 4) is 0 Å². The van der Waals surface area contributed by atoms with Crippen molar-refractivity contribution < 1.29 is 9.90 Å². The molecule has 0 unspecified atom stereocenters. The van der Waals surface area contributed by atoms with Crippen molar-refractivity contribution in [2.45, 2.75) is 32.6 Å². The lowest BCUT2D eigenvalue weighted by Crippen LogP contribution is -1.98. The SMILES string of the molecule is CCc1ccc(Cl)cc1CCCC(=O)O. The highest BCUT2D eigenvalue weighted by molar-refractivity contribution is 6.30. The molecule has 0 aliphatic heterocycles. The summed E-state index contributed by atoms with van der Waals surface area (Å²) in [4.78, 5) is 10.4. The van der Waals surface area contributed by atoms with Gasteiger partial charge < -0.3 is 5.11 Å². The first-order valence-electron chi connectivity index (χ1n) is 5.12. The van der Waals surface area contributed by atoms with Gasteiger partial charge in [-0.15, -0.1) is 0 Å². The summed E-state index contributed by atoms with van der Waals surface area (Å²) in [6.45, 7) is 2.09. The van der Waals surface area contributed by atoms with Gasteiger partial charge in [-0.1, -0.05) is 24.6 Å². The first-order valence-corrected chi connectivity index (χ1v) is 5.50. The van der Waals surface area contributed by atoms with Crippen LogP contribution in [0.1, 0.15) is 30.9 Å². The highest BCUT2D eigenvalue weighted by Gasteiger charge is 2.03. The fourth-order valence-electron chi connectivity index (χ4n) is 1.60. The zero-order valence-electron chi connectivity index (χ0n) is 8.79. The zero-order valence-corrected chi connectivity index (χ0v) is 9.55. The molecule has 0 aromatic heterocycles. The molecule has 0 spiro atoms. The Morgan fingerprint density at radius 1 is 1.40 bits per heavy atom. The summed E-state index contributed by atoms with van der Waals surface area (Å²) >= 11 is 5.90. The smallest absolute Gasteiger partial charge is 0.303 e. The number of aliphatic carboxylic acids is 1. The molecule has 0 radical (unpaired) electrons. The summed E-state index contributed by atoms with van der Waals surface area (Å²) in [7, 11) is 0. The summed E-state index contributed by atoms with van der Waals surface area (Å²) in [5.41, 5.74) is 2.43. The number of carboxylic acids is 1. The van der Waals surface area contributed by atoms with E-state index < -0.39 is 5.97 Å². The van der Waals surface area contributed by atoms with Crippen LogP contribution >= 0.6 is 11.6 Å². The second kappa shape index (κ2) is 5.76. The summed E-state index contributed by atoms with van der Waals surface area (Å²) in [6, 6.07) is 5.82. The fraction of sp³-hybridized carbons (Fsp3) is 0.417. The Morgan fingerprint density at radius 3 is 2.73 bits per heavy atom. The predicted molar refractivity (Wildman–Crippen MR) is 61.4 cm³/mol. The van der Waals surface area contributed by atoms with Gasteiger partial charge in [0.2, 0.25) is 0 Å². The van der Waals surface area contributed by atoms with Crippen molar-refractivity contribution >= 4 is 17.6 Å². The number of hydrogen-bond donors (Lipinski definition) is 1. The number of carboxylic acid groups (broad SMARTS) is 1. The van der Waals surface area contributed by atoms with E-state index in [0.29, 0.717) is 6.42 Å². The van der Waals surface area contributed by atoms with Crippen LogP contribution in [-0.2, 0) is 17.6 Å². The molecule has 0 atom stereocenters. The van der Waals surface area contributed by atoms with Crippen LogP contribution in [0.5, 0.6) is 0 Å². The van der Waals surface area contributed by atoms with E-state index in [9.17, 15) is 4.79 Å². The second-order valence-electron chi connectivity index (χ2n) is 3.51. The van der Waals surface area contributed by atoms with E-state index in [1.807, 2.05) is 18.2 Å². The molecule has 0 fully saturated rings. The molecule has 1 rings (SSSR count). The van der Waals surface area contributed by atoms with Crippen LogP contribution < -0.4 is 0 Å². The van der Waals surface area contributed by atoms with E-state index in [4.69, 9.17) is 16.7 Å². The lowest BCUT2D eigenvalue weighted by molar-refractivity contribution is -0.137. The van der Waals surface area contributed by atoms with Gasteiger partial charge in [0.25, 0.3) is 0 Å². The molecule has 0 aliphatic carbocycles. The van der Waals surface area contributed by atoms with Gasteiger partial charge in [0, 0.05) is 11.4 Å². The lowest BCUT2D eigenvalue weighted by atomic mass is 10.0. The zero-order chi connectivity index (χ0) is 11.3. The van der Waals surface area contributed by atoms with Gasteiger partial charge in [0.1, 0.15) is 0 Å². The predicted octanol–water partition coefficient (Wildman–Crippen LogP) is 3.31. The van der Waals surface area contributed by atoms with Crippen LogP contribution in [0, 0.1) is 0 Å². The van der Waals surface area contributed by atoms with Crippen molar-refractivity contribution in [1.29, 1.82) is 0 Å². The Kier molecular flexibility index (Phi) is 4.63. The minimum Gasteiger partial charge on any atom is -0.481 e. The van der Waals surface area contributed by atoms with Crippen molar-refractivity contribution in [3.63, 3.8) is 0 Å². The van der Waals surface area contributed by atoms with Crippen LogP contribution in [0.15, 0.2) is 18.2 Å². The summed E-state index contributed by atoms with van der Waals surface area (Å²) in [5, 5.41) is 9.27. The molecule has 1 N–H and O–H groups in total. The maximum atomic E-state index is 10.4. The van der Waals surface area contributed by atoms with Crippen molar-refractivity contribution in [2.75, 3.05) is 0 Å². The van der Waals surface area contributed by atoms with Gasteiger partial charge in [0.15, 0.2) is 0 Å². The van der Waals surface area contributed by atoms with Gasteiger partial charge in [-0.2, -0.15) is 0 Å². The molecule has 2 nitrogen and oxygen atoms in total.